The van der Waals surface area contributed by atoms with Crippen molar-refractivity contribution in [3.63, 3.8) is 0 Å². The molecule has 4 nitrogen and oxygen atoms in total. The minimum Gasteiger partial charge on any atom is -0.382 e. The number of amides is 1. The zero-order chi connectivity index (χ0) is 15.5. The van der Waals surface area contributed by atoms with Gasteiger partial charge in [0.1, 0.15) is 5.82 Å². The summed E-state index contributed by atoms with van der Waals surface area (Å²) in [5, 5.41) is 3.87. The van der Waals surface area contributed by atoms with E-state index in [0.717, 1.165) is 5.69 Å². The van der Waals surface area contributed by atoms with Crippen LogP contribution >= 0.6 is 0 Å². The fourth-order valence-corrected chi connectivity index (χ4v) is 2.36. The summed E-state index contributed by atoms with van der Waals surface area (Å²) in [7, 11) is 1.68. The van der Waals surface area contributed by atoms with E-state index in [1.165, 1.54) is 11.0 Å². The first-order chi connectivity index (χ1) is 10.7. The van der Waals surface area contributed by atoms with Gasteiger partial charge in [0.15, 0.2) is 0 Å². The molecular weight excluding hydrogens is 283 g/mol. The molecule has 5 heteroatoms. The smallest absolute Gasteiger partial charge is 0.271 e. The zero-order valence-electron chi connectivity index (χ0n) is 12.1. The number of likely N-dealkylation sites (N-methyl/N-ethyl adjacent to an activating group) is 1. The van der Waals surface area contributed by atoms with Gasteiger partial charge in [0.25, 0.3) is 5.91 Å². The van der Waals surface area contributed by atoms with Crippen molar-refractivity contribution in [2.45, 2.75) is 12.5 Å². The summed E-state index contributed by atoms with van der Waals surface area (Å²) in [6.07, 6.45) is -0.462. The molecule has 0 bridgehead atoms. The van der Waals surface area contributed by atoms with Crippen LogP contribution in [0.25, 0.3) is 0 Å². The Labute approximate surface area is 127 Å². The molecule has 1 aliphatic heterocycles. The molecule has 0 spiro atoms. The minimum absolute atomic E-state index is 0.207. The van der Waals surface area contributed by atoms with Crippen LogP contribution in [0, 0.1) is 5.82 Å². The zero-order valence-corrected chi connectivity index (χ0v) is 12.1. The van der Waals surface area contributed by atoms with Gasteiger partial charge in [-0.3, -0.25) is 4.79 Å². The molecule has 22 heavy (non-hydrogen) atoms. The van der Waals surface area contributed by atoms with Gasteiger partial charge in [-0.15, -0.1) is 0 Å². The number of nitrogens with zero attached hydrogens (tertiary/aromatic N) is 2. The predicted octanol–water partition coefficient (Wildman–Crippen LogP) is 2.98. The van der Waals surface area contributed by atoms with Crippen molar-refractivity contribution in [1.82, 2.24) is 0 Å². The number of hydrogen-bond acceptors (Lipinski definition) is 3. The molecule has 2 aromatic rings. The van der Waals surface area contributed by atoms with Gasteiger partial charge < -0.3 is 9.74 Å². The summed E-state index contributed by atoms with van der Waals surface area (Å²) in [6, 6.07) is 15.6. The first kappa shape index (κ1) is 14.3. The van der Waals surface area contributed by atoms with Gasteiger partial charge in [-0.25, -0.2) is 4.39 Å². The average molecular weight is 298 g/mol. The van der Waals surface area contributed by atoms with Crippen LogP contribution in [0.2, 0.25) is 0 Å². The summed E-state index contributed by atoms with van der Waals surface area (Å²) < 4.78 is 13.8. The van der Waals surface area contributed by atoms with E-state index in [0.29, 0.717) is 11.3 Å². The Morgan fingerprint density at radius 2 is 1.86 bits per heavy atom. The van der Waals surface area contributed by atoms with Crippen LogP contribution in [0.1, 0.15) is 12.0 Å². The predicted molar refractivity (Wildman–Crippen MR) is 82.3 cm³/mol. The molecular formula is C17H15FN2O2. The average Bonchev–Trinajstić information content (AvgIpc) is 3.04. The molecule has 0 aliphatic carbocycles. The molecule has 0 saturated heterocycles. The summed E-state index contributed by atoms with van der Waals surface area (Å²) in [5.41, 5.74) is 1.61. The number of benzene rings is 2. The lowest BCUT2D eigenvalue weighted by atomic mass is 10.0. The molecule has 0 N–H and O–H groups in total. The lowest BCUT2D eigenvalue weighted by Gasteiger charge is -2.19. The maximum Gasteiger partial charge on any atom is 0.271 e. The van der Waals surface area contributed by atoms with Crippen LogP contribution in [0.3, 0.4) is 0 Å². The number of oxime groups is 1. The van der Waals surface area contributed by atoms with E-state index in [1.807, 2.05) is 30.3 Å². The molecule has 1 atom stereocenters. The van der Waals surface area contributed by atoms with Crippen molar-refractivity contribution in [1.29, 1.82) is 0 Å². The van der Waals surface area contributed by atoms with Crippen LogP contribution < -0.4 is 4.90 Å². The molecule has 0 saturated carbocycles. The number of rotatable bonds is 3. The van der Waals surface area contributed by atoms with Crippen molar-refractivity contribution in [2.75, 3.05) is 11.9 Å². The van der Waals surface area contributed by atoms with E-state index in [-0.39, 0.29) is 18.1 Å². The lowest BCUT2D eigenvalue weighted by molar-refractivity contribution is -0.128. The van der Waals surface area contributed by atoms with Gasteiger partial charge in [-0.1, -0.05) is 41.6 Å². The van der Waals surface area contributed by atoms with Crippen LogP contribution in [-0.2, 0) is 9.63 Å². The third-order valence-electron chi connectivity index (χ3n) is 3.60. The summed E-state index contributed by atoms with van der Waals surface area (Å²) >= 11 is 0. The minimum atomic E-state index is -0.722. The van der Waals surface area contributed by atoms with Crippen molar-refractivity contribution >= 4 is 17.3 Å². The second-order valence-electron chi connectivity index (χ2n) is 5.05. The summed E-state index contributed by atoms with van der Waals surface area (Å²) in [4.78, 5) is 19.2. The van der Waals surface area contributed by atoms with Gasteiger partial charge in [-0.2, -0.15) is 0 Å². The molecule has 112 valence electrons. The number of anilines is 1. The summed E-state index contributed by atoms with van der Waals surface area (Å²) in [5.74, 6) is -0.573. The largest absolute Gasteiger partial charge is 0.382 e. The molecule has 0 fully saturated rings. The van der Waals surface area contributed by atoms with Crippen LogP contribution in [0.5, 0.6) is 0 Å². The topological polar surface area (TPSA) is 41.9 Å². The van der Waals surface area contributed by atoms with E-state index in [1.54, 1.807) is 25.2 Å². The normalized spacial score (nSPS) is 16.8. The van der Waals surface area contributed by atoms with Gasteiger partial charge in [0.2, 0.25) is 6.10 Å². The highest BCUT2D eigenvalue weighted by Crippen LogP contribution is 2.22. The maximum atomic E-state index is 13.8. The second-order valence-corrected chi connectivity index (χ2v) is 5.05. The van der Waals surface area contributed by atoms with Crippen LogP contribution in [-0.4, -0.2) is 24.8 Å². The van der Waals surface area contributed by atoms with Gasteiger partial charge in [0.05, 0.1) is 5.71 Å². The maximum absolute atomic E-state index is 13.8. The van der Waals surface area contributed by atoms with E-state index >= 15 is 0 Å². The number of halogens is 1. The Morgan fingerprint density at radius 1 is 1.18 bits per heavy atom. The van der Waals surface area contributed by atoms with E-state index < -0.39 is 6.10 Å². The molecule has 1 aliphatic rings. The molecule has 1 amide bonds. The Hall–Kier alpha value is -2.69. The van der Waals surface area contributed by atoms with Crippen LogP contribution in [0.4, 0.5) is 10.1 Å². The van der Waals surface area contributed by atoms with Crippen molar-refractivity contribution in [3.8, 4) is 0 Å². The standard InChI is InChI=1S/C17H15FN2O2/c1-20(12-7-3-2-4-8-12)17(21)16-11-15(19-22-16)13-9-5-6-10-14(13)18/h2-10,16H,11H2,1H3. The number of carbonyl (C=O) groups excluding carboxylic acids is 1. The highest BCUT2D eigenvalue weighted by Gasteiger charge is 2.32. The van der Waals surface area contributed by atoms with Gasteiger partial charge >= 0.3 is 0 Å². The fraction of sp³-hybridized carbons (Fsp3) is 0.176. The van der Waals surface area contributed by atoms with Gasteiger partial charge in [-0.05, 0) is 18.2 Å². The van der Waals surface area contributed by atoms with Gasteiger partial charge in [0, 0.05) is 24.7 Å². The fourth-order valence-electron chi connectivity index (χ4n) is 2.36. The van der Waals surface area contributed by atoms with Crippen LogP contribution in [0.15, 0.2) is 59.8 Å². The highest BCUT2D eigenvalue weighted by atomic mass is 19.1. The Bertz CT molecular complexity index is 716. The van der Waals surface area contributed by atoms with E-state index in [9.17, 15) is 9.18 Å². The molecule has 1 unspecified atom stereocenters. The van der Waals surface area contributed by atoms with E-state index in [4.69, 9.17) is 4.84 Å². The number of hydrogen-bond donors (Lipinski definition) is 0. The Kier molecular flexibility index (Phi) is 3.87. The molecule has 0 aromatic heterocycles. The molecule has 1 heterocycles. The first-order valence-electron chi connectivity index (χ1n) is 6.97. The SMILES string of the molecule is CN(C(=O)C1CC(c2ccccc2F)=NO1)c1ccccc1. The first-order valence-corrected chi connectivity index (χ1v) is 6.97. The molecule has 3 rings (SSSR count). The van der Waals surface area contributed by atoms with Crippen molar-refractivity contribution in [2.24, 2.45) is 5.16 Å². The molecule has 0 radical (unpaired) electrons. The highest BCUT2D eigenvalue weighted by molar-refractivity contribution is 6.06. The van der Waals surface area contributed by atoms with Crippen molar-refractivity contribution in [3.05, 3.63) is 66.0 Å². The molecule has 2 aromatic carbocycles. The third-order valence-corrected chi connectivity index (χ3v) is 3.60. The number of para-hydroxylation sites is 1. The second kappa shape index (κ2) is 5.97. The summed E-state index contributed by atoms with van der Waals surface area (Å²) in [6.45, 7) is 0. The lowest BCUT2D eigenvalue weighted by Crippen LogP contribution is -2.36. The quantitative estimate of drug-likeness (QED) is 0.874. The Morgan fingerprint density at radius 3 is 2.59 bits per heavy atom. The third kappa shape index (κ3) is 2.70. The van der Waals surface area contributed by atoms with Crippen molar-refractivity contribution < 1.29 is 14.0 Å². The monoisotopic (exact) mass is 298 g/mol. The van der Waals surface area contributed by atoms with E-state index in [2.05, 4.69) is 5.16 Å². The number of carbonyl (C=O) groups is 1. The Balaban J connectivity index is 1.72.